The first-order valence-corrected chi connectivity index (χ1v) is 18.8. The lowest BCUT2D eigenvalue weighted by Gasteiger charge is -2.32. The summed E-state index contributed by atoms with van der Waals surface area (Å²) in [7, 11) is 1.24. The molecule has 1 saturated heterocycles. The van der Waals surface area contributed by atoms with Crippen LogP contribution in [-0.2, 0) is 38.2 Å². The normalized spacial score (nSPS) is 17.5. The van der Waals surface area contributed by atoms with Crippen LogP contribution < -0.4 is 26.6 Å². The third-order valence-corrected chi connectivity index (χ3v) is 8.74. The molecule has 6 atom stereocenters. The second kappa shape index (κ2) is 22.1. The summed E-state index contributed by atoms with van der Waals surface area (Å²) in [6.07, 6.45) is 4.66. The van der Waals surface area contributed by atoms with Crippen LogP contribution in [0.5, 0.6) is 0 Å². The molecule has 0 bridgehead atoms. The van der Waals surface area contributed by atoms with Crippen LogP contribution >= 0.6 is 0 Å². The van der Waals surface area contributed by atoms with E-state index in [1.807, 2.05) is 55.4 Å². The maximum Gasteiger partial charge on any atom is 0.408 e. The molecule has 0 aliphatic carbocycles. The summed E-state index contributed by atoms with van der Waals surface area (Å²) in [4.78, 5) is 92.5. The zero-order valence-electron chi connectivity index (χ0n) is 33.9. The highest BCUT2D eigenvalue weighted by atomic mass is 16.6. The zero-order chi connectivity index (χ0) is 40.6. The summed E-state index contributed by atoms with van der Waals surface area (Å²) in [5.74, 6) is -3.46. The van der Waals surface area contributed by atoms with Crippen LogP contribution in [0.3, 0.4) is 0 Å². The van der Waals surface area contributed by atoms with E-state index in [0.717, 1.165) is 0 Å². The Kier molecular flexibility index (Phi) is 19.6. The number of nitrogens with zero attached hydrogens (tertiary/aromatic N) is 1. The number of nitrogens with one attached hydrogen (secondary N) is 5. The molecule has 0 aromatic rings. The molecule has 0 aromatic carbocycles. The van der Waals surface area contributed by atoms with Crippen molar-refractivity contribution in [2.24, 2.45) is 23.7 Å². The molecular formula is C38H66N6O9. The highest BCUT2D eigenvalue weighted by molar-refractivity contribution is 5.95. The standard InChI is InChI=1S/C38H66N6O9/c1-13-25(8)32(43-33(47)27(19-22(2)3)41-37(51)53-38(9,10)11)34(48)42-31(24(6)7)35(49)44-18-14-15-26(44)16-17-29(45)39-21-30(46)40-28(20-23(4)5)36(50)52-12/h16-17,22-28,31-32H,13-15,18-21H2,1-12H3,(H,39,45)(H,40,46)(H,41,51)(H,42,48)(H,43,47)/b17-16+/t25-,26-,27-,28-,31-,32-/m0/s1. The summed E-state index contributed by atoms with van der Waals surface area (Å²) in [5.41, 5.74) is -0.764. The molecule has 0 spiro atoms. The van der Waals surface area contributed by atoms with E-state index in [0.29, 0.717) is 38.6 Å². The molecule has 6 amide bonds. The van der Waals surface area contributed by atoms with Gasteiger partial charge in [0.05, 0.1) is 19.7 Å². The molecule has 1 rings (SSSR count). The molecule has 0 saturated carbocycles. The number of alkyl carbamates (subject to hydrolysis) is 1. The van der Waals surface area contributed by atoms with Crippen molar-refractivity contribution in [3.8, 4) is 0 Å². The van der Waals surface area contributed by atoms with E-state index in [4.69, 9.17) is 9.47 Å². The van der Waals surface area contributed by atoms with Gasteiger partial charge < -0.3 is 41.0 Å². The molecule has 5 N–H and O–H groups in total. The van der Waals surface area contributed by atoms with Crippen molar-refractivity contribution in [2.75, 3.05) is 20.2 Å². The molecule has 0 aromatic heterocycles. The van der Waals surface area contributed by atoms with Gasteiger partial charge >= 0.3 is 12.1 Å². The van der Waals surface area contributed by atoms with Gasteiger partial charge in [-0.2, -0.15) is 0 Å². The monoisotopic (exact) mass is 750 g/mol. The van der Waals surface area contributed by atoms with E-state index >= 15 is 0 Å². The van der Waals surface area contributed by atoms with Crippen molar-refractivity contribution < 1.29 is 43.0 Å². The smallest absolute Gasteiger partial charge is 0.408 e. The second-order valence-electron chi connectivity index (χ2n) is 16.0. The maximum atomic E-state index is 13.9. The van der Waals surface area contributed by atoms with E-state index in [2.05, 4.69) is 26.6 Å². The van der Waals surface area contributed by atoms with Gasteiger partial charge in [-0.1, -0.05) is 67.9 Å². The van der Waals surface area contributed by atoms with Crippen LogP contribution in [-0.4, -0.2) is 103 Å². The first kappa shape index (κ1) is 46.9. The number of methoxy groups -OCH3 is 1. The summed E-state index contributed by atoms with van der Waals surface area (Å²) in [5, 5.41) is 13.4. The van der Waals surface area contributed by atoms with Crippen molar-refractivity contribution in [1.29, 1.82) is 0 Å². The van der Waals surface area contributed by atoms with E-state index in [9.17, 15) is 33.6 Å². The number of ether oxygens (including phenoxy) is 2. The fraction of sp³-hybridized carbons (Fsp3) is 0.763. The van der Waals surface area contributed by atoms with Gasteiger partial charge in [-0.15, -0.1) is 0 Å². The van der Waals surface area contributed by atoms with Crippen molar-refractivity contribution in [3.63, 3.8) is 0 Å². The molecule has 15 nitrogen and oxygen atoms in total. The van der Waals surface area contributed by atoms with Gasteiger partial charge in [-0.05, 0) is 70.1 Å². The number of carbonyl (C=O) groups is 7. The van der Waals surface area contributed by atoms with Gasteiger partial charge in [0.25, 0.3) is 0 Å². The Hall–Kier alpha value is -4.17. The highest BCUT2D eigenvalue weighted by Crippen LogP contribution is 2.22. The fourth-order valence-electron chi connectivity index (χ4n) is 5.81. The predicted molar refractivity (Wildman–Crippen MR) is 201 cm³/mol. The Morgan fingerprint density at radius 1 is 0.811 bits per heavy atom. The Balaban J connectivity index is 3.02. The number of hydrogen-bond donors (Lipinski definition) is 5. The Bertz CT molecular complexity index is 1290. The first-order chi connectivity index (χ1) is 24.6. The maximum absolute atomic E-state index is 13.9. The van der Waals surface area contributed by atoms with Gasteiger partial charge in [-0.25, -0.2) is 9.59 Å². The van der Waals surface area contributed by atoms with Gasteiger partial charge in [0.1, 0.15) is 29.8 Å². The van der Waals surface area contributed by atoms with Crippen LogP contribution in [0, 0.1) is 23.7 Å². The molecule has 15 heteroatoms. The molecule has 302 valence electrons. The fourth-order valence-corrected chi connectivity index (χ4v) is 5.81. The number of rotatable bonds is 19. The van der Waals surface area contributed by atoms with Gasteiger partial charge in [0.2, 0.25) is 29.5 Å². The predicted octanol–water partition coefficient (Wildman–Crippen LogP) is 2.96. The van der Waals surface area contributed by atoms with E-state index in [1.54, 1.807) is 31.7 Å². The van der Waals surface area contributed by atoms with Crippen LogP contribution in [0.1, 0.15) is 108 Å². The molecule has 53 heavy (non-hydrogen) atoms. The van der Waals surface area contributed by atoms with Crippen molar-refractivity contribution in [2.45, 2.75) is 144 Å². The Morgan fingerprint density at radius 3 is 1.92 bits per heavy atom. The quantitative estimate of drug-likeness (QED) is 0.0973. The summed E-state index contributed by atoms with van der Waals surface area (Å²) in [6.45, 7) is 20.2. The molecule has 0 unspecified atom stereocenters. The second-order valence-corrected chi connectivity index (χ2v) is 16.0. The summed E-state index contributed by atoms with van der Waals surface area (Å²) in [6, 6.07) is -4.10. The van der Waals surface area contributed by atoms with Crippen LogP contribution in [0.4, 0.5) is 4.79 Å². The minimum Gasteiger partial charge on any atom is -0.467 e. The average molecular weight is 751 g/mol. The van der Waals surface area contributed by atoms with Gasteiger partial charge in [0, 0.05) is 12.6 Å². The molecule has 1 heterocycles. The SMILES string of the molecule is CC[C@H](C)[C@H](NC(=O)[C@H](CC(C)C)NC(=O)OC(C)(C)C)C(=O)N[C@H](C(=O)N1CCC[C@H]1/C=C/C(=O)NCC(=O)N[C@@H](CC(C)C)C(=O)OC)C(C)C. The van der Waals surface area contributed by atoms with Crippen molar-refractivity contribution >= 4 is 41.6 Å². The zero-order valence-corrected chi connectivity index (χ0v) is 33.9. The van der Waals surface area contributed by atoms with Crippen LogP contribution in [0.2, 0.25) is 0 Å². The van der Waals surface area contributed by atoms with E-state index in [1.165, 1.54) is 13.2 Å². The molecule has 1 fully saturated rings. The van der Waals surface area contributed by atoms with E-state index in [-0.39, 0.29) is 36.1 Å². The van der Waals surface area contributed by atoms with Crippen molar-refractivity contribution in [1.82, 2.24) is 31.5 Å². The number of hydrogen-bond acceptors (Lipinski definition) is 9. The van der Waals surface area contributed by atoms with Crippen molar-refractivity contribution in [3.05, 3.63) is 12.2 Å². The largest absolute Gasteiger partial charge is 0.467 e. The lowest BCUT2D eigenvalue weighted by molar-refractivity contribution is -0.145. The molecule has 0 radical (unpaired) electrons. The topological polar surface area (TPSA) is 201 Å². The number of likely N-dealkylation sites (tertiary alicyclic amines) is 1. The number of esters is 1. The third-order valence-electron chi connectivity index (χ3n) is 8.74. The van der Waals surface area contributed by atoms with Gasteiger partial charge in [0.15, 0.2) is 0 Å². The highest BCUT2D eigenvalue weighted by Gasteiger charge is 2.37. The minimum absolute atomic E-state index is 0.0490. The van der Waals surface area contributed by atoms with Gasteiger partial charge in [-0.3, -0.25) is 24.0 Å². The Morgan fingerprint density at radius 2 is 1.40 bits per heavy atom. The summed E-state index contributed by atoms with van der Waals surface area (Å²) < 4.78 is 10.1. The average Bonchev–Trinajstić information content (AvgIpc) is 3.53. The molecular weight excluding hydrogens is 684 g/mol. The summed E-state index contributed by atoms with van der Waals surface area (Å²) >= 11 is 0. The number of carbonyl (C=O) groups excluding carboxylic acids is 7. The van der Waals surface area contributed by atoms with Crippen LogP contribution in [0.25, 0.3) is 0 Å². The molecule has 1 aliphatic rings. The lowest BCUT2D eigenvalue weighted by atomic mass is 9.95. The van der Waals surface area contributed by atoms with E-state index < -0.39 is 71.5 Å². The minimum atomic E-state index is -0.986. The third kappa shape index (κ3) is 17.0. The number of amides is 6. The molecule has 1 aliphatic heterocycles. The lowest BCUT2D eigenvalue weighted by Crippen LogP contribution is -2.60. The first-order valence-electron chi connectivity index (χ1n) is 18.8. The Labute approximate surface area is 315 Å². The van der Waals surface area contributed by atoms with Crippen LogP contribution in [0.15, 0.2) is 12.2 Å².